The Morgan fingerprint density at radius 3 is 1.96 bits per heavy atom. The largest absolute Gasteiger partial charge is 0.330 e. The number of hydrogen-bond acceptors (Lipinski definition) is 3. The SMILES string of the molecule is CCCCCCCCC(c1cc(F)c(F)cc1F)C(OC)(OC)OC(C)C. The first kappa shape index (κ1) is 23.9. The smallest absolute Gasteiger partial charge is 0.289 e. The maximum Gasteiger partial charge on any atom is 0.289 e. The molecule has 1 atom stereocenters. The normalized spacial score (nSPS) is 13.4. The zero-order valence-corrected chi connectivity index (χ0v) is 17.1. The minimum absolute atomic E-state index is 0.00759. The van der Waals surface area contributed by atoms with E-state index in [-0.39, 0.29) is 11.7 Å². The molecule has 0 radical (unpaired) electrons. The van der Waals surface area contributed by atoms with Crippen LogP contribution >= 0.6 is 0 Å². The third-order valence-electron chi connectivity index (χ3n) is 4.66. The molecular formula is C21H33F3O3. The van der Waals surface area contributed by atoms with Gasteiger partial charge in [0.05, 0.1) is 12.0 Å². The molecule has 156 valence electrons. The molecular weight excluding hydrogens is 357 g/mol. The van der Waals surface area contributed by atoms with E-state index in [1.807, 2.05) is 0 Å². The Balaban J connectivity index is 3.13. The average molecular weight is 390 g/mol. The van der Waals surface area contributed by atoms with Gasteiger partial charge in [0.1, 0.15) is 5.82 Å². The second kappa shape index (κ2) is 11.7. The van der Waals surface area contributed by atoms with E-state index in [0.29, 0.717) is 12.5 Å². The van der Waals surface area contributed by atoms with Gasteiger partial charge in [0.25, 0.3) is 5.97 Å². The third-order valence-corrected chi connectivity index (χ3v) is 4.66. The molecule has 0 bridgehead atoms. The van der Waals surface area contributed by atoms with Crippen LogP contribution in [0, 0.1) is 17.5 Å². The van der Waals surface area contributed by atoms with E-state index in [4.69, 9.17) is 14.2 Å². The monoisotopic (exact) mass is 390 g/mol. The maximum atomic E-state index is 14.5. The number of methoxy groups -OCH3 is 2. The molecule has 0 aromatic heterocycles. The van der Waals surface area contributed by atoms with E-state index >= 15 is 0 Å². The molecule has 0 amide bonds. The standard InChI is InChI=1S/C21H33F3O3/c1-6-7-8-9-10-11-12-17(21(25-4,26-5)27-15(2)3)16-13-19(23)20(24)14-18(16)22/h13-15,17H,6-12H2,1-5H3. The summed E-state index contributed by atoms with van der Waals surface area (Å²) in [7, 11) is 2.80. The zero-order chi connectivity index (χ0) is 20.4. The van der Waals surface area contributed by atoms with Gasteiger partial charge in [-0.1, -0.05) is 45.4 Å². The fourth-order valence-electron chi connectivity index (χ4n) is 3.33. The van der Waals surface area contributed by atoms with Gasteiger partial charge in [-0.15, -0.1) is 0 Å². The Labute approximate surface area is 161 Å². The molecule has 0 saturated carbocycles. The lowest BCUT2D eigenvalue weighted by Crippen LogP contribution is -2.45. The summed E-state index contributed by atoms with van der Waals surface area (Å²) in [5.41, 5.74) is -0.00759. The highest BCUT2D eigenvalue weighted by atomic mass is 19.2. The first-order chi connectivity index (χ1) is 12.8. The van der Waals surface area contributed by atoms with Gasteiger partial charge in [-0.3, -0.25) is 0 Å². The number of hydrogen-bond donors (Lipinski definition) is 0. The Kier molecular flexibility index (Phi) is 10.3. The van der Waals surface area contributed by atoms with Crippen LogP contribution in [0.25, 0.3) is 0 Å². The molecule has 0 spiro atoms. The Hall–Kier alpha value is -1.11. The van der Waals surface area contributed by atoms with Crippen molar-refractivity contribution in [3.8, 4) is 0 Å². The van der Waals surface area contributed by atoms with Gasteiger partial charge in [-0.2, -0.15) is 0 Å². The van der Waals surface area contributed by atoms with Crippen LogP contribution in [0.1, 0.15) is 77.2 Å². The van der Waals surface area contributed by atoms with Crippen molar-refractivity contribution in [3.05, 3.63) is 35.1 Å². The van der Waals surface area contributed by atoms with Gasteiger partial charge in [0, 0.05) is 25.8 Å². The van der Waals surface area contributed by atoms with Crippen molar-refractivity contribution in [3.63, 3.8) is 0 Å². The van der Waals surface area contributed by atoms with Crippen LogP contribution in [0.3, 0.4) is 0 Å². The minimum Gasteiger partial charge on any atom is -0.330 e. The fourth-order valence-corrected chi connectivity index (χ4v) is 3.33. The van der Waals surface area contributed by atoms with E-state index in [2.05, 4.69) is 6.92 Å². The molecule has 1 unspecified atom stereocenters. The summed E-state index contributed by atoms with van der Waals surface area (Å²) in [5, 5.41) is 0. The van der Waals surface area contributed by atoms with Gasteiger partial charge >= 0.3 is 0 Å². The van der Waals surface area contributed by atoms with Gasteiger partial charge in [-0.25, -0.2) is 13.2 Å². The minimum atomic E-state index is -1.58. The summed E-state index contributed by atoms with van der Waals surface area (Å²) in [6, 6.07) is 1.44. The summed E-state index contributed by atoms with van der Waals surface area (Å²) in [5.74, 6) is -5.49. The van der Waals surface area contributed by atoms with Gasteiger partial charge in [-0.05, 0) is 26.3 Å². The predicted molar refractivity (Wildman–Crippen MR) is 100 cm³/mol. The molecule has 0 heterocycles. The van der Waals surface area contributed by atoms with Crippen LogP contribution in [0.2, 0.25) is 0 Å². The van der Waals surface area contributed by atoms with Crippen molar-refractivity contribution >= 4 is 0 Å². The zero-order valence-electron chi connectivity index (χ0n) is 17.1. The Bertz CT molecular complexity index is 560. The molecule has 27 heavy (non-hydrogen) atoms. The van der Waals surface area contributed by atoms with Crippen molar-refractivity contribution in [2.24, 2.45) is 0 Å². The second-order valence-corrected chi connectivity index (χ2v) is 7.08. The molecule has 0 aliphatic heterocycles. The molecule has 0 aliphatic carbocycles. The van der Waals surface area contributed by atoms with Crippen LogP contribution < -0.4 is 0 Å². The lowest BCUT2D eigenvalue weighted by molar-refractivity contribution is -0.385. The van der Waals surface area contributed by atoms with Crippen LogP contribution in [0.5, 0.6) is 0 Å². The lowest BCUT2D eigenvalue weighted by atomic mass is 9.89. The molecule has 1 aromatic rings. The summed E-state index contributed by atoms with van der Waals surface area (Å²) >= 11 is 0. The molecule has 1 aromatic carbocycles. The maximum absolute atomic E-state index is 14.5. The first-order valence-electron chi connectivity index (χ1n) is 9.73. The number of benzene rings is 1. The fraction of sp³-hybridized carbons (Fsp3) is 0.714. The van der Waals surface area contributed by atoms with Crippen molar-refractivity contribution in [1.82, 2.24) is 0 Å². The van der Waals surface area contributed by atoms with Crippen molar-refractivity contribution in [2.45, 2.75) is 83.7 Å². The molecule has 0 fully saturated rings. The van der Waals surface area contributed by atoms with E-state index in [1.54, 1.807) is 13.8 Å². The number of unbranched alkanes of at least 4 members (excludes halogenated alkanes) is 5. The highest BCUT2D eigenvalue weighted by Crippen LogP contribution is 2.40. The Morgan fingerprint density at radius 2 is 1.41 bits per heavy atom. The predicted octanol–water partition coefficient (Wildman–Crippen LogP) is 6.31. The summed E-state index contributed by atoms with van der Waals surface area (Å²) in [6.45, 7) is 5.75. The highest BCUT2D eigenvalue weighted by Gasteiger charge is 2.44. The molecule has 0 aliphatic rings. The summed E-state index contributed by atoms with van der Waals surface area (Å²) < 4.78 is 58.6. The third kappa shape index (κ3) is 6.77. The summed E-state index contributed by atoms with van der Waals surface area (Å²) in [6.07, 6.45) is 6.45. The van der Waals surface area contributed by atoms with E-state index in [0.717, 1.165) is 38.2 Å². The van der Waals surface area contributed by atoms with Crippen LogP contribution in [-0.4, -0.2) is 26.3 Å². The first-order valence-corrected chi connectivity index (χ1v) is 9.73. The van der Waals surface area contributed by atoms with Gasteiger partial charge in [0.15, 0.2) is 11.6 Å². The molecule has 1 rings (SSSR count). The highest BCUT2D eigenvalue weighted by molar-refractivity contribution is 5.25. The van der Waals surface area contributed by atoms with E-state index in [1.165, 1.54) is 20.6 Å². The second-order valence-electron chi connectivity index (χ2n) is 7.08. The molecule has 0 N–H and O–H groups in total. The average Bonchev–Trinajstić information content (AvgIpc) is 2.63. The van der Waals surface area contributed by atoms with Crippen molar-refractivity contribution in [1.29, 1.82) is 0 Å². The Morgan fingerprint density at radius 1 is 0.852 bits per heavy atom. The molecule has 3 nitrogen and oxygen atoms in total. The van der Waals surface area contributed by atoms with Crippen LogP contribution in [-0.2, 0) is 14.2 Å². The number of rotatable bonds is 13. The van der Waals surface area contributed by atoms with Crippen LogP contribution in [0.4, 0.5) is 13.2 Å². The molecule has 6 heteroatoms. The number of halogens is 3. The molecule has 0 saturated heterocycles. The van der Waals surface area contributed by atoms with E-state index < -0.39 is 29.3 Å². The van der Waals surface area contributed by atoms with Crippen molar-refractivity contribution < 1.29 is 27.4 Å². The van der Waals surface area contributed by atoms with Crippen molar-refractivity contribution in [2.75, 3.05) is 14.2 Å². The number of ether oxygens (including phenoxy) is 3. The topological polar surface area (TPSA) is 27.7 Å². The summed E-state index contributed by atoms with van der Waals surface area (Å²) in [4.78, 5) is 0. The van der Waals surface area contributed by atoms with E-state index in [9.17, 15) is 13.2 Å². The lowest BCUT2D eigenvalue weighted by Gasteiger charge is -2.39. The van der Waals surface area contributed by atoms with Gasteiger partial charge in [0.2, 0.25) is 0 Å². The van der Waals surface area contributed by atoms with Gasteiger partial charge < -0.3 is 14.2 Å². The van der Waals surface area contributed by atoms with Crippen LogP contribution in [0.15, 0.2) is 12.1 Å². The quantitative estimate of drug-likeness (QED) is 0.224.